The molecule has 0 aromatic rings. The number of nitrogens with one attached hydrogen (secondary N) is 1. The van der Waals surface area contributed by atoms with Gasteiger partial charge in [0.05, 0.1) is 12.1 Å². The lowest BCUT2D eigenvalue weighted by Crippen LogP contribution is -2.47. The maximum atomic E-state index is 10.3. The van der Waals surface area contributed by atoms with E-state index in [0.29, 0.717) is 10.1 Å². The van der Waals surface area contributed by atoms with E-state index in [4.69, 9.17) is 34.0 Å². The number of rotatable bonds is 1. The van der Waals surface area contributed by atoms with Gasteiger partial charge in [-0.15, -0.1) is 0 Å². The summed E-state index contributed by atoms with van der Waals surface area (Å²) in [7, 11) is 0. The molecule has 6 heteroatoms. The SMILES string of the molecule is NC1C(Cl)=CC(Cl)=CC1NC(=O)O. The summed E-state index contributed by atoms with van der Waals surface area (Å²) in [5, 5.41) is 11.4. The highest BCUT2D eigenvalue weighted by Gasteiger charge is 2.23. The van der Waals surface area contributed by atoms with Crippen LogP contribution in [0.5, 0.6) is 0 Å². The van der Waals surface area contributed by atoms with Gasteiger partial charge in [0, 0.05) is 10.1 Å². The van der Waals surface area contributed by atoms with Gasteiger partial charge in [0.2, 0.25) is 0 Å². The summed E-state index contributed by atoms with van der Waals surface area (Å²) in [5.41, 5.74) is 5.60. The molecule has 2 atom stereocenters. The number of hydrogen-bond acceptors (Lipinski definition) is 2. The smallest absolute Gasteiger partial charge is 0.405 e. The highest BCUT2D eigenvalue weighted by atomic mass is 35.5. The summed E-state index contributed by atoms with van der Waals surface area (Å²) in [6.07, 6.45) is 1.84. The van der Waals surface area contributed by atoms with Crippen molar-refractivity contribution in [3.05, 3.63) is 22.2 Å². The molecule has 0 heterocycles. The van der Waals surface area contributed by atoms with Gasteiger partial charge >= 0.3 is 6.09 Å². The van der Waals surface area contributed by atoms with Crippen LogP contribution in [-0.4, -0.2) is 23.3 Å². The molecular weight excluding hydrogens is 215 g/mol. The molecule has 1 aliphatic rings. The van der Waals surface area contributed by atoms with E-state index in [-0.39, 0.29) is 0 Å². The molecule has 0 spiro atoms. The van der Waals surface area contributed by atoms with E-state index in [1.807, 2.05) is 0 Å². The quantitative estimate of drug-likeness (QED) is 0.625. The predicted octanol–water partition coefficient (Wildman–Crippen LogP) is 1.21. The van der Waals surface area contributed by atoms with Crippen molar-refractivity contribution in [2.24, 2.45) is 5.73 Å². The van der Waals surface area contributed by atoms with Crippen molar-refractivity contribution in [1.29, 1.82) is 0 Å². The molecule has 4 N–H and O–H groups in total. The lowest BCUT2D eigenvalue weighted by molar-refractivity contribution is 0.191. The second-order valence-electron chi connectivity index (χ2n) is 2.58. The van der Waals surface area contributed by atoms with Crippen molar-refractivity contribution in [1.82, 2.24) is 5.32 Å². The number of hydrogen-bond donors (Lipinski definition) is 3. The van der Waals surface area contributed by atoms with Gasteiger partial charge in [-0.25, -0.2) is 4.79 Å². The molecule has 1 rings (SSSR count). The summed E-state index contributed by atoms with van der Waals surface area (Å²) < 4.78 is 0. The zero-order valence-corrected chi connectivity index (χ0v) is 8.01. The summed E-state index contributed by atoms with van der Waals surface area (Å²) in [5.74, 6) is 0. The first kappa shape index (κ1) is 10.4. The Bertz CT molecular complexity index is 288. The maximum absolute atomic E-state index is 10.3. The molecule has 0 bridgehead atoms. The molecule has 4 nitrogen and oxygen atoms in total. The minimum atomic E-state index is -1.16. The van der Waals surface area contributed by atoms with Gasteiger partial charge in [-0.1, -0.05) is 23.2 Å². The average molecular weight is 223 g/mol. The van der Waals surface area contributed by atoms with Crippen LogP contribution >= 0.6 is 23.2 Å². The van der Waals surface area contributed by atoms with Crippen molar-refractivity contribution in [3.8, 4) is 0 Å². The summed E-state index contributed by atoms with van der Waals surface area (Å²) >= 11 is 11.4. The molecule has 72 valence electrons. The summed E-state index contributed by atoms with van der Waals surface area (Å²) in [6, 6.07) is -1.14. The van der Waals surface area contributed by atoms with Gasteiger partial charge in [-0.2, -0.15) is 0 Å². The molecule has 13 heavy (non-hydrogen) atoms. The van der Waals surface area contributed by atoms with Crippen LogP contribution in [0.1, 0.15) is 0 Å². The molecule has 0 saturated heterocycles. The lowest BCUT2D eigenvalue weighted by Gasteiger charge is -2.23. The van der Waals surface area contributed by atoms with Crippen molar-refractivity contribution >= 4 is 29.3 Å². The Morgan fingerprint density at radius 3 is 2.77 bits per heavy atom. The zero-order valence-electron chi connectivity index (χ0n) is 6.50. The first-order chi connectivity index (χ1) is 6.00. The van der Waals surface area contributed by atoms with Crippen molar-refractivity contribution in [2.75, 3.05) is 0 Å². The highest BCUT2D eigenvalue weighted by molar-refractivity contribution is 6.35. The number of nitrogens with two attached hydrogens (primary N) is 1. The third-order valence-electron chi connectivity index (χ3n) is 1.61. The molecule has 2 unspecified atom stereocenters. The van der Waals surface area contributed by atoms with Crippen LogP contribution in [0.2, 0.25) is 0 Å². The molecule has 1 aliphatic carbocycles. The Balaban J connectivity index is 2.77. The van der Waals surface area contributed by atoms with E-state index < -0.39 is 18.2 Å². The fraction of sp³-hybridized carbons (Fsp3) is 0.286. The van der Waals surface area contributed by atoms with Gasteiger partial charge in [0.15, 0.2) is 0 Å². The topological polar surface area (TPSA) is 75.3 Å². The van der Waals surface area contributed by atoms with Gasteiger partial charge in [-0.05, 0) is 12.2 Å². The van der Waals surface area contributed by atoms with E-state index in [1.54, 1.807) is 0 Å². The Kier molecular flexibility index (Phi) is 3.19. The average Bonchev–Trinajstić information content (AvgIpc) is 1.98. The molecule has 1 amide bonds. The third kappa shape index (κ3) is 2.62. The van der Waals surface area contributed by atoms with Gasteiger partial charge in [0.25, 0.3) is 0 Å². The zero-order chi connectivity index (χ0) is 10.0. The number of carbonyl (C=O) groups is 1. The molecule has 0 aromatic heterocycles. The first-order valence-electron chi connectivity index (χ1n) is 3.50. The Hall–Kier alpha value is -0.710. The van der Waals surface area contributed by atoms with Crippen LogP contribution in [0, 0.1) is 0 Å². The molecule has 0 fully saturated rings. The van der Waals surface area contributed by atoms with Crippen LogP contribution in [0.25, 0.3) is 0 Å². The largest absolute Gasteiger partial charge is 0.465 e. The van der Waals surface area contributed by atoms with Crippen LogP contribution in [-0.2, 0) is 0 Å². The molecule has 0 aromatic carbocycles. The second-order valence-corrected chi connectivity index (χ2v) is 3.45. The fourth-order valence-corrected chi connectivity index (χ4v) is 1.56. The Morgan fingerprint density at radius 1 is 1.62 bits per heavy atom. The van der Waals surface area contributed by atoms with E-state index >= 15 is 0 Å². The van der Waals surface area contributed by atoms with E-state index in [0.717, 1.165) is 0 Å². The summed E-state index contributed by atoms with van der Waals surface area (Å²) in [6.45, 7) is 0. The van der Waals surface area contributed by atoms with Crippen LogP contribution in [0.15, 0.2) is 22.2 Å². The number of carboxylic acid groups (broad SMARTS) is 1. The lowest BCUT2D eigenvalue weighted by atomic mass is 10.0. The van der Waals surface area contributed by atoms with Crippen molar-refractivity contribution in [3.63, 3.8) is 0 Å². The van der Waals surface area contributed by atoms with Crippen LogP contribution in [0.4, 0.5) is 4.79 Å². The minimum absolute atomic E-state index is 0.339. The number of amides is 1. The molecule has 0 radical (unpaired) electrons. The molecular formula is C7H8Cl2N2O2. The normalized spacial score (nSPS) is 27.6. The van der Waals surface area contributed by atoms with Crippen molar-refractivity contribution in [2.45, 2.75) is 12.1 Å². The van der Waals surface area contributed by atoms with Crippen LogP contribution < -0.4 is 11.1 Å². The standard InChI is InChI=1S/C7H8Cl2N2O2/c8-3-1-4(9)6(10)5(2-3)11-7(12)13/h1-2,5-6,11H,10H2,(H,12,13). The summed E-state index contributed by atoms with van der Waals surface area (Å²) in [4.78, 5) is 10.3. The Morgan fingerprint density at radius 2 is 2.23 bits per heavy atom. The minimum Gasteiger partial charge on any atom is -0.465 e. The maximum Gasteiger partial charge on any atom is 0.405 e. The third-order valence-corrected chi connectivity index (χ3v) is 2.21. The van der Waals surface area contributed by atoms with Crippen LogP contribution in [0.3, 0.4) is 0 Å². The first-order valence-corrected chi connectivity index (χ1v) is 4.26. The molecule has 0 aliphatic heterocycles. The van der Waals surface area contributed by atoms with Gasteiger partial charge < -0.3 is 16.2 Å². The van der Waals surface area contributed by atoms with E-state index in [2.05, 4.69) is 5.32 Å². The van der Waals surface area contributed by atoms with Gasteiger partial charge in [0.1, 0.15) is 0 Å². The van der Waals surface area contributed by atoms with Crippen molar-refractivity contribution < 1.29 is 9.90 Å². The monoisotopic (exact) mass is 222 g/mol. The van der Waals surface area contributed by atoms with E-state index in [1.165, 1.54) is 12.2 Å². The highest BCUT2D eigenvalue weighted by Crippen LogP contribution is 2.22. The predicted molar refractivity (Wildman–Crippen MR) is 50.8 cm³/mol. The second kappa shape index (κ2) is 4.00. The fourth-order valence-electron chi connectivity index (χ4n) is 0.997. The molecule has 0 saturated carbocycles. The van der Waals surface area contributed by atoms with E-state index in [9.17, 15) is 4.79 Å². The number of halogens is 2. The Labute approximate surface area is 85.0 Å². The number of allylic oxidation sites excluding steroid dienone is 2. The van der Waals surface area contributed by atoms with Gasteiger partial charge in [-0.3, -0.25) is 0 Å².